The maximum absolute atomic E-state index is 14.2. The van der Waals surface area contributed by atoms with Gasteiger partial charge in [-0.25, -0.2) is 0 Å². The van der Waals surface area contributed by atoms with Crippen LogP contribution in [0.25, 0.3) is 0 Å². The predicted octanol–water partition coefficient (Wildman–Crippen LogP) is 15.0. The Morgan fingerprint density at radius 2 is 1.07 bits per heavy atom. The molecule has 0 aromatic heterocycles. The van der Waals surface area contributed by atoms with Crippen LogP contribution >= 0.6 is 0 Å². The van der Waals surface area contributed by atoms with Crippen molar-refractivity contribution in [2.24, 2.45) is 113 Å². The van der Waals surface area contributed by atoms with Crippen molar-refractivity contribution < 1.29 is 151 Å². The minimum atomic E-state index is -0.914. The van der Waals surface area contributed by atoms with Crippen LogP contribution in [0.15, 0.2) is 53.6 Å². The fourth-order valence-corrected chi connectivity index (χ4v) is 24.5. The van der Waals surface area contributed by atoms with Crippen molar-refractivity contribution in [1.82, 2.24) is 0 Å². The molecule has 1 heterocycles. The van der Waals surface area contributed by atoms with Crippen LogP contribution in [0, 0.1) is 201 Å². The monoisotopic (exact) mass is 1710 g/mol. The fraction of sp³-hybridized carbons (Fsp3) is 0.844. The molecule has 2 radical (unpaired) electrons. The number of aliphatic hydroxyl groups excluding tert-OH is 3. The van der Waals surface area contributed by atoms with Gasteiger partial charge in [-0.3, -0.25) is 9.59 Å². The first-order valence-electron chi connectivity index (χ1n) is 35.8. The zero-order valence-electron chi connectivity index (χ0n) is 59.7. The van der Waals surface area contributed by atoms with Crippen LogP contribution in [-0.4, -0.2) is 104 Å². The molecule has 512 valence electrons. The number of ether oxygens (including phenoxy) is 8. The Bertz CT molecular complexity index is 2830. The van der Waals surface area contributed by atoms with Crippen molar-refractivity contribution in [3.8, 4) is 0 Å². The summed E-state index contributed by atoms with van der Waals surface area (Å²) >= 11 is 0. The largest absolute Gasteiger partial charge is 0.438 e. The van der Waals surface area contributed by atoms with Crippen LogP contribution in [-0.2, 0) is 54.1 Å². The molecule has 1 aromatic carbocycles. The number of benzene rings is 1. The molecule has 9 fully saturated rings. The summed E-state index contributed by atoms with van der Waals surface area (Å²) in [6, 6.07) is 9.98. The number of carbonyl (C=O) groups excluding carboxylic acids is 2. The standard InChI is InChI=1S/C39H64O7.C38H56O6.2Ac/c1-11-41-23-43-28-21-35(7)29(36(8)22-45-34(5,6)46-32(28)36)16-17-38(10)30(35)14-13-27-31-26(4)25(3)15-18-39(31,20-19-37(27,38)9)33(40)44-24-42-12-2;1-24-14-17-38(33(42)44-23-43-21-26-10-8-7-9-11-26)19-18-36(5)27(31(38)25(24)2)12-13-30-34(3)20-28(40)32(41)35(4,22-39)29(34)15-16-37(30,36)6;;/h13,25-26,28-32H,11-12,14-24H2,1-10H3;7-12,24-25,28-32,39-41H,13-23H2,1-6H3;;/t25-,26+,28?,29?,30?,31?,32?,35+,36-,37-,38-,39?;24-,25+,28?,29?,30?,31?,32?,34+,35+,36-,37-,38?;;/m11../s1. The van der Waals surface area contributed by atoms with E-state index < -0.39 is 34.2 Å². The molecule has 13 nitrogen and oxygen atoms in total. The second-order valence-electron chi connectivity index (χ2n) is 34.2. The van der Waals surface area contributed by atoms with Gasteiger partial charge in [-0.05, 0) is 228 Å². The molecule has 0 spiro atoms. The molecule has 11 aliphatic rings. The van der Waals surface area contributed by atoms with Crippen LogP contribution in [0.5, 0.6) is 0 Å². The number of fused-ring (bicyclic) bond motifs is 16. The first-order valence-corrected chi connectivity index (χ1v) is 35.8. The van der Waals surface area contributed by atoms with E-state index in [9.17, 15) is 24.9 Å². The SMILES string of the molecule is CCOCOC(=O)C12CC[C@@H](C)[C@H](C)C1C1=CCC3[C@@]4(C)CC(OCOCC)C5OC(C)(C)OC[C@]5(C)C4CC[C@@]3(C)[C@]1(C)CC2.C[C@@H]1CCC2(C(=O)OCOCc3ccccc3)CC[C@]3(C)C(=CCC4[C@@]5(C)CC(O)C(O)[C@@](C)(CO)C5CC[C@]43C)C2[C@H]1C.[Ac].[Ac]. The molecule has 0 bridgehead atoms. The van der Waals surface area contributed by atoms with E-state index in [4.69, 9.17) is 37.9 Å². The van der Waals surface area contributed by atoms with Crippen molar-refractivity contribution in [2.75, 3.05) is 46.8 Å². The Kier molecular flexibility index (Phi) is 23.4. The molecule has 0 amide bonds. The number of aliphatic hydroxyl groups is 3. The molecule has 12 rings (SSSR count). The molecule has 10 aliphatic carbocycles. The van der Waals surface area contributed by atoms with Gasteiger partial charge in [0.05, 0.1) is 55.1 Å². The second kappa shape index (κ2) is 28.2. The zero-order valence-corrected chi connectivity index (χ0v) is 69.2. The Balaban J connectivity index is 0.000000213. The molecule has 12 unspecified atom stereocenters. The first kappa shape index (κ1) is 76.3. The zero-order chi connectivity index (χ0) is 65.0. The number of hydrogen-bond acceptors (Lipinski definition) is 13. The van der Waals surface area contributed by atoms with E-state index in [1.807, 2.05) is 65.0 Å². The third-order valence-corrected chi connectivity index (χ3v) is 30.1. The normalized spacial score (nSPS) is 47.7. The molecule has 1 aromatic rings. The van der Waals surface area contributed by atoms with E-state index in [1.54, 1.807) is 5.57 Å². The van der Waals surface area contributed by atoms with Crippen molar-refractivity contribution in [2.45, 2.75) is 250 Å². The van der Waals surface area contributed by atoms with Gasteiger partial charge in [0.1, 0.15) is 6.79 Å². The topological polar surface area (TPSA) is 169 Å². The van der Waals surface area contributed by atoms with E-state index in [0.29, 0.717) is 81.1 Å². The molecule has 3 N–H and O–H groups in total. The van der Waals surface area contributed by atoms with Gasteiger partial charge >= 0.3 is 11.9 Å². The second-order valence-corrected chi connectivity index (χ2v) is 34.2. The summed E-state index contributed by atoms with van der Waals surface area (Å²) in [7, 11) is 0. The maximum atomic E-state index is 14.2. The average Bonchev–Trinajstić information content (AvgIpc) is 0.679. The number of rotatable bonds is 14. The molecule has 92 heavy (non-hydrogen) atoms. The van der Waals surface area contributed by atoms with Gasteiger partial charge in [0.2, 0.25) is 0 Å². The molecular formula is C77H120Ac2O13. The molecule has 15 heteroatoms. The van der Waals surface area contributed by atoms with Gasteiger partial charge in [0.15, 0.2) is 19.4 Å². The minimum Gasteiger partial charge on any atom is -0.438 e. The fourth-order valence-electron chi connectivity index (χ4n) is 24.5. The number of esters is 2. The first-order chi connectivity index (χ1) is 42.4. The molecule has 8 saturated carbocycles. The van der Waals surface area contributed by atoms with Crippen LogP contribution in [0.2, 0.25) is 0 Å². The van der Waals surface area contributed by atoms with Crippen molar-refractivity contribution in [3.63, 3.8) is 0 Å². The van der Waals surface area contributed by atoms with E-state index in [1.165, 1.54) is 12.0 Å². The molecule has 1 aliphatic heterocycles. The Morgan fingerprint density at radius 1 is 0.576 bits per heavy atom. The summed E-state index contributed by atoms with van der Waals surface area (Å²) in [5.74, 6) is 2.90. The Labute approximate surface area is 626 Å². The third kappa shape index (κ3) is 12.0. The number of hydrogen-bond donors (Lipinski definition) is 3. The van der Waals surface area contributed by atoms with Crippen molar-refractivity contribution >= 4 is 11.9 Å². The van der Waals surface area contributed by atoms with E-state index in [2.05, 4.69) is 88.3 Å². The van der Waals surface area contributed by atoms with Gasteiger partial charge in [-0.15, -0.1) is 0 Å². The average molecular weight is 1710 g/mol. The number of allylic oxidation sites excluding steroid dienone is 4. The van der Waals surface area contributed by atoms with Gasteiger partial charge in [0, 0.05) is 112 Å². The van der Waals surface area contributed by atoms with Gasteiger partial charge in [-0.2, -0.15) is 0 Å². The molecule has 24 atom stereocenters. The summed E-state index contributed by atoms with van der Waals surface area (Å²) in [6.07, 6.45) is 18.6. The Morgan fingerprint density at radius 3 is 1.58 bits per heavy atom. The van der Waals surface area contributed by atoms with E-state index >= 15 is 0 Å². The third-order valence-electron chi connectivity index (χ3n) is 30.1. The molecule has 1 saturated heterocycles. The summed E-state index contributed by atoms with van der Waals surface area (Å²) in [6.45, 7) is 39.5. The smallest absolute Gasteiger partial charge is 0.314 e. The van der Waals surface area contributed by atoms with Gasteiger partial charge < -0.3 is 53.2 Å². The van der Waals surface area contributed by atoms with Crippen molar-refractivity contribution in [1.29, 1.82) is 0 Å². The quantitative estimate of drug-likeness (QED) is 0.0697. The summed E-state index contributed by atoms with van der Waals surface area (Å²) in [4.78, 5) is 28.2. The van der Waals surface area contributed by atoms with Gasteiger partial charge in [-0.1, -0.05) is 137 Å². The van der Waals surface area contributed by atoms with E-state index in [-0.39, 0.29) is 188 Å². The van der Waals surface area contributed by atoms with Crippen LogP contribution in [0.1, 0.15) is 219 Å². The van der Waals surface area contributed by atoms with Crippen molar-refractivity contribution in [3.05, 3.63) is 59.2 Å². The van der Waals surface area contributed by atoms with Crippen LogP contribution in [0.3, 0.4) is 0 Å². The van der Waals surface area contributed by atoms with Gasteiger partial charge in [0.25, 0.3) is 0 Å². The minimum absolute atomic E-state index is 0. The van der Waals surface area contributed by atoms with Crippen LogP contribution < -0.4 is 0 Å². The maximum Gasteiger partial charge on any atom is 0.314 e. The summed E-state index contributed by atoms with van der Waals surface area (Å²) < 4.78 is 48.7. The summed E-state index contributed by atoms with van der Waals surface area (Å²) in [5.41, 5.74) is 2.10. The van der Waals surface area contributed by atoms with Crippen LogP contribution in [0.4, 0.5) is 0 Å². The van der Waals surface area contributed by atoms with E-state index in [0.717, 1.165) is 95.5 Å². The summed E-state index contributed by atoms with van der Waals surface area (Å²) in [5, 5.41) is 32.8. The number of carbonyl (C=O) groups is 2. The predicted molar refractivity (Wildman–Crippen MR) is 348 cm³/mol. The Hall–Kier alpha value is 0.163. The molecular weight excluding hydrogens is 1590 g/mol.